The maximum atomic E-state index is 4.53. The molecule has 126 valence electrons. The Hall–Kier alpha value is -2.48. The van der Waals surface area contributed by atoms with Gasteiger partial charge < -0.3 is 9.88 Å². The molecule has 1 saturated heterocycles. The maximum Gasteiger partial charge on any atom is 0.116 e. The Labute approximate surface area is 140 Å². The molecule has 0 spiro atoms. The molecule has 1 aliphatic rings. The second kappa shape index (κ2) is 6.56. The molecule has 0 saturated carbocycles. The van der Waals surface area contributed by atoms with Crippen molar-refractivity contribution in [3.05, 3.63) is 36.8 Å². The van der Waals surface area contributed by atoms with E-state index in [1.165, 1.54) is 0 Å². The molecule has 4 rings (SSSR count). The van der Waals surface area contributed by atoms with Gasteiger partial charge in [-0.05, 0) is 32.9 Å². The van der Waals surface area contributed by atoms with E-state index in [9.17, 15) is 0 Å². The molecule has 0 bridgehead atoms. The summed E-state index contributed by atoms with van der Waals surface area (Å²) in [5, 5.41) is 16.5. The van der Waals surface area contributed by atoms with E-state index in [1.807, 2.05) is 29.6 Å². The van der Waals surface area contributed by atoms with Gasteiger partial charge in [-0.25, -0.2) is 9.67 Å². The standard InChI is InChI=1S/C16H22N8/c1-2-22-12-18-8-15(22)10-23-11-16(20-21-23)13-7-19-24(9-13)14-3-5-17-6-4-14/h7-9,11-12,14,17H,2-6,10H2,1H3. The van der Waals surface area contributed by atoms with Crippen molar-refractivity contribution in [1.82, 2.24) is 39.6 Å². The zero-order valence-corrected chi connectivity index (χ0v) is 13.8. The van der Waals surface area contributed by atoms with Gasteiger partial charge in [0, 0.05) is 18.3 Å². The quantitative estimate of drug-likeness (QED) is 0.765. The van der Waals surface area contributed by atoms with E-state index in [-0.39, 0.29) is 0 Å². The van der Waals surface area contributed by atoms with Gasteiger partial charge in [0.25, 0.3) is 0 Å². The third-order valence-electron chi connectivity index (χ3n) is 4.58. The zero-order chi connectivity index (χ0) is 16.4. The number of rotatable bonds is 5. The van der Waals surface area contributed by atoms with Gasteiger partial charge in [-0.15, -0.1) is 5.10 Å². The largest absolute Gasteiger partial charge is 0.333 e. The minimum Gasteiger partial charge on any atom is -0.333 e. The molecule has 0 atom stereocenters. The highest BCUT2D eigenvalue weighted by Gasteiger charge is 2.17. The number of imidazole rings is 1. The van der Waals surface area contributed by atoms with Crippen molar-refractivity contribution in [3.8, 4) is 11.3 Å². The summed E-state index contributed by atoms with van der Waals surface area (Å²) in [6.07, 6.45) is 11.9. The third kappa shape index (κ3) is 2.96. The molecule has 3 aromatic rings. The average molecular weight is 326 g/mol. The van der Waals surface area contributed by atoms with Crippen molar-refractivity contribution in [2.45, 2.75) is 38.9 Å². The summed E-state index contributed by atoms with van der Waals surface area (Å²) >= 11 is 0. The van der Waals surface area contributed by atoms with E-state index in [2.05, 4.69) is 48.1 Å². The van der Waals surface area contributed by atoms with Gasteiger partial charge in [0.1, 0.15) is 5.69 Å². The number of hydrogen-bond acceptors (Lipinski definition) is 5. The molecule has 0 aliphatic carbocycles. The SMILES string of the molecule is CCn1cncc1Cn1cc(-c2cnn(C3CCNCC3)c2)nn1. The highest BCUT2D eigenvalue weighted by molar-refractivity contribution is 5.55. The van der Waals surface area contributed by atoms with Crippen LogP contribution in [0.5, 0.6) is 0 Å². The molecule has 3 aromatic heterocycles. The van der Waals surface area contributed by atoms with Crippen LogP contribution in [-0.2, 0) is 13.1 Å². The average Bonchev–Trinajstić information content (AvgIpc) is 3.36. The third-order valence-corrected chi connectivity index (χ3v) is 4.58. The van der Waals surface area contributed by atoms with Crippen LogP contribution in [0.3, 0.4) is 0 Å². The number of nitrogens with zero attached hydrogens (tertiary/aromatic N) is 7. The first-order chi connectivity index (χ1) is 11.8. The van der Waals surface area contributed by atoms with E-state index in [1.54, 1.807) is 0 Å². The number of aromatic nitrogens is 7. The van der Waals surface area contributed by atoms with E-state index >= 15 is 0 Å². The number of piperidine rings is 1. The minimum absolute atomic E-state index is 0.481. The predicted molar refractivity (Wildman–Crippen MR) is 89.4 cm³/mol. The predicted octanol–water partition coefficient (Wildman–Crippen LogP) is 1.33. The van der Waals surface area contributed by atoms with Gasteiger partial charge in [-0.1, -0.05) is 5.21 Å². The first kappa shape index (κ1) is 15.1. The van der Waals surface area contributed by atoms with Crippen LogP contribution in [0, 0.1) is 0 Å². The Kier molecular flexibility index (Phi) is 4.12. The molecule has 0 radical (unpaired) electrons. The first-order valence-corrected chi connectivity index (χ1v) is 8.48. The Morgan fingerprint density at radius 3 is 2.92 bits per heavy atom. The normalized spacial score (nSPS) is 15.9. The van der Waals surface area contributed by atoms with Crippen LogP contribution >= 0.6 is 0 Å². The molecule has 1 N–H and O–H groups in total. The van der Waals surface area contributed by atoms with Crippen LogP contribution in [-0.4, -0.2) is 47.4 Å². The summed E-state index contributed by atoms with van der Waals surface area (Å²) in [4.78, 5) is 4.19. The first-order valence-electron chi connectivity index (χ1n) is 8.48. The fraction of sp³-hybridized carbons (Fsp3) is 0.500. The fourth-order valence-electron chi connectivity index (χ4n) is 3.18. The Bertz CT molecular complexity index is 792. The van der Waals surface area contributed by atoms with Gasteiger partial charge in [0.05, 0.1) is 43.2 Å². The van der Waals surface area contributed by atoms with E-state index in [0.717, 1.165) is 49.4 Å². The van der Waals surface area contributed by atoms with Crippen molar-refractivity contribution < 1.29 is 0 Å². The maximum absolute atomic E-state index is 4.53. The lowest BCUT2D eigenvalue weighted by Crippen LogP contribution is -2.29. The van der Waals surface area contributed by atoms with Crippen LogP contribution in [0.2, 0.25) is 0 Å². The molecule has 0 aromatic carbocycles. The summed E-state index contributed by atoms with van der Waals surface area (Å²) in [5.41, 5.74) is 3.00. The second-order valence-electron chi connectivity index (χ2n) is 6.16. The Morgan fingerprint density at radius 1 is 1.21 bits per heavy atom. The molecule has 8 nitrogen and oxygen atoms in total. The molecule has 24 heavy (non-hydrogen) atoms. The summed E-state index contributed by atoms with van der Waals surface area (Å²) in [6, 6.07) is 0.481. The van der Waals surface area contributed by atoms with Crippen LogP contribution in [0.4, 0.5) is 0 Å². The van der Waals surface area contributed by atoms with Crippen molar-refractivity contribution >= 4 is 0 Å². The highest BCUT2D eigenvalue weighted by Crippen LogP contribution is 2.22. The molecule has 1 fully saturated rings. The second-order valence-corrected chi connectivity index (χ2v) is 6.16. The van der Waals surface area contributed by atoms with Crippen LogP contribution in [0.1, 0.15) is 31.5 Å². The Morgan fingerprint density at radius 2 is 2.08 bits per heavy atom. The van der Waals surface area contributed by atoms with Crippen molar-refractivity contribution in [3.63, 3.8) is 0 Å². The molecular formula is C16H22N8. The lowest BCUT2D eigenvalue weighted by Gasteiger charge is -2.22. The van der Waals surface area contributed by atoms with E-state index in [0.29, 0.717) is 12.6 Å². The number of hydrogen-bond donors (Lipinski definition) is 1. The van der Waals surface area contributed by atoms with Crippen LogP contribution < -0.4 is 5.32 Å². The van der Waals surface area contributed by atoms with Gasteiger partial charge >= 0.3 is 0 Å². The van der Waals surface area contributed by atoms with Gasteiger partial charge in [0.2, 0.25) is 0 Å². The fourth-order valence-corrected chi connectivity index (χ4v) is 3.18. The smallest absolute Gasteiger partial charge is 0.116 e. The summed E-state index contributed by atoms with van der Waals surface area (Å²) in [6.45, 7) is 5.79. The lowest BCUT2D eigenvalue weighted by molar-refractivity contribution is 0.343. The van der Waals surface area contributed by atoms with Gasteiger partial charge in [-0.3, -0.25) is 4.68 Å². The van der Waals surface area contributed by atoms with Crippen molar-refractivity contribution in [2.24, 2.45) is 0 Å². The monoisotopic (exact) mass is 326 g/mol. The van der Waals surface area contributed by atoms with Crippen molar-refractivity contribution in [2.75, 3.05) is 13.1 Å². The molecule has 0 amide bonds. The zero-order valence-electron chi connectivity index (χ0n) is 13.8. The summed E-state index contributed by atoms with van der Waals surface area (Å²) in [5.74, 6) is 0. The number of nitrogens with one attached hydrogen (secondary N) is 1. The topological polar surface area (TPSA) is 78.4 Å². The van der Waals surface area contributed by atoms with Gasteiger partial charge in [0.15, 0.2) is 0 Å². The lowest BCUT2D eigenvalue weighted by atomic mass is 10.1. The van der Waals surface area contributed by atoms with Crippen LogP contribution in [0.15, 0.2) is 31.1 Å². The van der Waals surface area contributed by atoms with Gasteiger partial charge in [-0.2, -0.15) is 5.10 Å². The summed E-state index contributed by atoms with van der Waals surface area (Å²) < 4.78 is 6.03. The Balaban J connectivity index is 1.49. The number of aryl methyl sites for hydroxylation is 1. The molecule has 4 heterocycles. The van der Waals surface area contributed by atoms with Crippen molar-refractivity contribution in [1.29, 1.82) is 0 Å². The molecule has 0 unspecified atom stereocenters. The highest BCUT2D eigenvalue weighted by atomic mass is 15.4. The molecular weight excluding hydrogens is 304 g/mol. The minimum atomic E-state index is 0.481. The van der Waals surface area contributed by atoms with E-state index in [4.69, 9.17) is 0 Å². The van der Waals surface area contributed by atoms with Crippen LogP contribution in [0.25, 0.3) is 11.3 Å². The van der Waals surface area contributed by atoms with E-state index < -0.39 is 0 Å². The molecule has 1 aliphatic heterocycles. The molecule has 8 heteroatoms. The summed E-state index contributed by atoms with van der Waals surface area (Å²) in [7, 11) is 0.